The third-order valence-electron chi connectivity index (χ3n) is 2.81. The molecule has 0 aliphatic rings. The maximum absolute atomic E-state index is 12.1. The normalized spacial score (nSPS) is 10.2. The van der Waals surface area contributed by atoms with Crippen molar-refractivity contribution < 1.29 is 9.59 Å². The lowest BCUT2D eigenvalue weighted by molar-refractivity contribution is -0.128. The third kappa shape index (κ3) is 3.99. The highest BCUT2D eigenvalue weighted by Crippen LogP contribution is 2.20. The summed E-state index contributed by atoms with van der Waals surface area (Å²) in [5.74, 6) is -0.427. The van der Waals surface area contributed by atoms with E-state index in [2.05, 4.69) is 15.5 Å². The lowest BCUT2D eigenvalue weighted by atomic mass is 10.1. The Morgan fingerprint density at radius 1 is 1.33 bits per heavy atom. The summed E-state index contributed by atoms with van der Waals surface area (Å²) in [7, 11) is 1.70. The predicted molar refractivity (Wildman–Crippen MR) is 81.5 cm³/mol. The number of carbonyl (C=O) groups is 2. The van der Waals surface area contributed by atoms with Crippen molar-refractivity contribution in [1.82, 2.24) is 15.1 Å². The van der Waals surface area contributed by atoms with Crippen LogP contribution in [0.25, 0.3) is 0 Å². The summed E-state index contributed by atoms with van der Waals surface area (Å²) in [6.45, 7) is 1.90. The minimum Gasteiger partial charge on any atom is -0.342 e. The lowest BCUT2D eigenvalue weighted by Crippen LogP contribution is -2.24. The number of halogens is 1. The molecular weight excluding hydrogens is 312 g/mol. The van der Waals surface area contributed by atoms with Crippen LogP contribution in [-0.4, -0.2) is 34.0 Å². The molecule has 0 atom stereocenters. The first-order valence-corrected chi connectivity index (χ1v) is 7.27. The number of amides is 2. The van der Waals surface area contributed by atoms with Gasteiger partial charge in [-0.05, 0) is 23.2 Å². The first kappa shape index (κ1) is 15.4. The molecule has 6 nitrogen and oxygen atoms in total. The van der Waals surface area contributed by atoms with Gasteiger partial charge in [0.05, 0.1) is 0 Å². The summed E-state index contributed by atoms with van der Waals surface area (Å²) in [4.78, 5) is 24.9. The van der Waals surface area contributed by atoms with Crippen molar-refractivity contribution in [2.75, 3.05) is 12.4 Å². The van der Waals surface area contributed by atoms with Crippen LogP contribution in [0.2, 0.25) is 4.47 Å². The van der Waals surface area contributed by atoms with E-state index < -0.39 is 0 Å². The Labute approximate surface area is 130 Å². The van der Waals surface area contributed by atoms with Crippen molar-refractivity contribution in [2.24, 2.45) is 0 Å². The number of aromatic nitrogens is 2. The van der Waals surface area contributed by atoms with E-state index in [0.29, 0.717) is 12.2 Å². The minimum absolute atomic E-state index is 0.0490. The number of hydrogen-bond acceptors (Lipinski definition) is 5. The Morgan fingerprint density at radius 3 is 2.67 bits per heavy atom. The van der Waals surface area contributed by atoms with Crippen molar-refractivity contribution >= 4 is 40.4 Å². The highest BCUT2D eigenvalue weighted by atomic mass is 35.5. The Hall–Kier alpha value is -1.99. The van der Waals surface area contributed by atoms with Gasteiger partial charge in [-0.3, -0.25) is 9.59 Å². The van der Waals surface area contributed by atoms with Crippen LogP contribution in [0.4, 0.5) is 5.69 Å². The van der Waals surface area contributed by atoms with Gasteiger partial charge in [-0.25, -0.2) is 0 Å². The highest BCUT2D eigenvalue weighted by molar-refractivity contribution is 7.17. The van der Waals surface area contributed by atoms with Crippen LogP contribution in [0.1, 0.15) is 22.3 Å². The van der Waals surface area contributed by atoms with Gasteiger partial charge in [-0.1, -0.05) is 29.5 Å². The molecule has 0 saturated heterocycles. The van der Waals surface area contributed by atoms with Gasteiger partial charge in [0.2, 0.25) is 15.4 Å². The fourth-order valence-corrected chi connectivity index (χ4v) is 2.34. The summed E-state index contributed by atoms with van der Waals surface area (Å²) in [6.07, 6.45) is 0. The number of benzene rings is 1. The van der Waals surface area contributed by atoms with Crippen molar-refractivity contribution in [3.05, 3.63) is 39.3 Å². The van der Waals surface area contributed by atoms with Gasteiger partial charge in [-0.2, -0.15) is 0 Å². The van der Waals surface area contributed by atoms with Gasteiger partial charge in [0.15, 0.2) is 0 Å². The second-order valence-electron chi connectivity index (χ2n) is 4.35. The van der Waals surface area contributed by atoms with Crippen LogP contribution in [0, 0.1) is 0 Å². The average Bonchev–Trinajstić information content (AvgIpc) is 2.87. The molecule has 0 fully saturated rings. The van der Waals surface area contributed by atoms with Gasteiger partial charge in [-0.15, -0.1) is 10.2 Å². The Morgan fingerprint density at radius 2 is 2.05 bits per heavy atom. The molecule has 0 spiro atoms. The molecule has 0 radical (unpaired) electrons. The Balaban J connectivity index is 2.16. The van der Waals surface area contributed by atoms with Crippen LogP contribution in [0.15, 0.2) is 24.3 Å². The van der Waals surface area contributed by atoms with E-state index in [0.717, 1.165) is 16.9 Å². The van der Waals surface area contributed by atoms with Crippen LogP contribution >= 0.6 is 22.9 Å². The van der Waals surface area contributed by atoms with E-state index in [1.807, 2.05) is 12.1 Å². The average molecular weight is 325 g/mol. The SMILES string of the molecule is CC(=O)N(C)Cc1ccccc1NC(=O)c1nnc(Cl)s1. The molecule has 110 valence electrons. The molecule has 2 amide bonds. The zero-order valence-electron chi connectivity index (χ0n) is 11.5. The van der Waals surface area contributed by atoms with Crippen LogP contribution in [0.5, 0.6) is 0 Å². The molecule has 21 heavy (non-hydrogen) atoms. The zero-order valence-corrected chi connectivity index (χ0v) is 13.0. The molecule has 2 aromatic rings. The number of carbonyl (C=O) groups excluding carboxylic acids is 2. The fourth-order valence-electron chi connectivity index (χ4n) is 1.62. The number of para-hydroxylation sites is 1. The molecule has 0 bridgehead atoms. The van der Waals surface area contributed by atoms with Crippen LogP contribution in [-0.2, 0) is 11.3 Å². The Kier molecular flexibility index (Phi) is 4.87. The van der Waals surface area contributed by atoms with Crippen molar-refractivity contribution in [3.8, 4) is 0 Å². The smallest absolute Gasteiger partial charge is 0.286 e. The van der Waals surface area contributed by atoms with E-state index in [9.17, 15) is 9.59 Å². The molecule has 1 aromatic heterocycles. The lowest BCUT2D eigenvalue weighted by Gasteiger charge is -2.17. The van der Waals surface area contributed by atoms with Crippen LogP contribution in [0.3, 0.4) is 0 Å². The third-order valence-corrected chi connectivity index (χ3v) is 3.82. The number of hydrogen-bond donors (Lipinski definition) is 1. The largest absolute Gasteiger partial charge is 0.342 e. The molecule has 0 saturated carbocycles. The molecule has 1 aromatic carbocycles. The van der Waals surface area contributed by atoms with Crippen molar-refractivity contribution in [2.45, 2.75) is 13.5 Å². The molecular formula is C13H13ClN4O2S. The van der Waals surface area contributed by atoms with E-state index in [-0.39, 0.29) is 21.3 Å². The van der Waals surface area contributed by atoms with Crippen molar-refractivity contribution in [3.63, 3.8) is 0 Å². The van der Waals surface area contributed by atoms with Gasteiger partial charge in [0, 0.05) is 26.2 Å². The highest BCUT2D eigenvalue weighted by Gasteiger charge is 2.14. The summed E-state index contributed by atoms with van der Waals surface area (Å²) >= 11 is 6.67. The molecule has 0 aliphatic carbocycles. The molecule has 2 rings (SSSR count). The predicted octanol–water partition coefficient (Wildman–Crippen LogP) is 2.42. The fraction of sp³-hybridized carbons (Fsp3) is 0.231. The minimum atomic E-state index is -0.377. The summed E-state index contributed by atoms with van der Waals surface area (Å²) in [5.41, 5.74) is 1.46. The number of anilines is 1. The summed E-state index contributed by atoms with van der Waals surface area (Å²) in [6, 6.07) is 7.27. The first-order chi connectivity index (χ1) is 9.97. The number of rotatable bonds is 4. The summed E-state index contributed by atoms with van der Waals surface area (Å²) in [5, 5.41) is 10.2. The monoisotopic (exact) mass is 324 g/mol. The standard InChI is InChI=1S/C13H13ClN4O2S/c1-8(19)18(2)7-9-5-3-4-6-10(9)15-11(20)12-16-17-13(14)21-12/h3-6H,7H2,1-2H3,(H,15,20). The second-order valence-corrected chi connectivity index (χ2v) is 5.91. The van der Waals surface area contributed by atoms with Crippen LogP contribution < -0.4 is 5.32 Å². The van der Waals surface area contributed by atoms with Gasteiger partial charge in [0.25, 0.3) is 5.91 Å². The first-order valence-electron chi connectivity index (χ1n) is 6.07. The second kappa shape index (κ2) is 6.64. The molecule has 0 aliphatic heterocycles. The van der Waals surface area contributed by atoms with E-state index in [1.165, 1.54) is 6.92 Å². The molecule has 1 N–H and O–H groups in total. The van der Waals surface area contributed by atoms with Gasteiger partial charge < -0.3 is 10.2 Å². The summed E-state index contributed by atoms with van der Waals surface area (Å²) < 4.78 is 0.213. The maximum Gasteiger partial charge on any atom is 0.286 e. The molecule has 8 heteroatoms. The number of nitrogens with one attached hydrogen (secondary N) is 1. The number of nitrogens with zero attached hydrogens (tertiary/aromatic N) is 3. The Bertz CT molecular complexity index is 674. The van der Waals surface area contributed by atoms with E-state index in [1.54, 1.807) is 24.1 Å². The van der Waals surface area contributed by atoms with Crippen molar-refractivity contribution in [1.29, 1.82) is 0 Å². The topological polar surface area (TPSA) is 75.2 Å². The maximum atomic E-state index is 12.1. The van der Waals surface area contributed by atoms with Gasteiger partial charge >= 0.3 is 0 Å². The zero-order chi connectivity index (χ0) is 15.4. The molecule has 1 heterocycles. The van der Waals surface area contributed by atoms with Gasteiger partial charge in [0.1, 0.15) is 0 Å². The quantitative estimate of drug-likeness (QED) is 0.937. The molecule has 0 unspecified atom stereocenters. The van der Waals surface area contributed by atoms with E-state index >= 15 is 0 Å². The van der Waals surface area contributed by atoms with E-state index in [4.69, 9.17) is 11.6 Å².